The molecule has 1 aliphatic heterocycles. The zero-order chi connectivity index (χ0) is 13.0. The highest BCUT2D eigenvalue weighted by Gasteiger charge is 2.28. The Morgan fingerprint density at radius 3 is 3.06 bits per heavy atom. The predicted octanol–water partition coefficient (Wildman–Crippen LogP) is 2.44. The van der Waals surface area contributed by atoms with Crippen LogP contribution in [0.1, 0.15) is 31.4 Å². The molecule has 0 aliphatic carbocycles. The molecule has 2 atom stereocenters. The molecule has 0 bridgehead atoms. The van der Waals surface area contributed by atoms with Crippen molar-refractivity contribution in [2.24, 2.45) is 0 Å². The Bertz CT molecular complexity index is 381. The summed E-state index contributed by atoms with van der Waals surface area (Å²) in [7, 11) is 3.76. The minimum Gasteiger partial charge on any atom is -0.497 e. The number of likely N-dealkylation sites (tertiary alicyclic amines) is 1. The number of rotatable bonds is 5. The van der Waals surface area contributed by atoms with Crippen LogP contribution in [0.5, 0.6) is 5.75 Å². The number of likely N-dealkylation sites (N-methyl/N-ethyl adjacent to an activating group) is 1. The van der Waals surface area contributed by atoms with E-state index < -0.39 is 0 Å². The normalized spacial score (nSPS) is 22.1. The van der Waals surface area contributed by atoms with Gasteiger partial charge >= 0.3 is 0 Å². The number of benzene rings is 1. The molecule has 3 heteroatoms. The molecule has 1 saturated heterocycles. The predicted molar refractivity (Wildman–Crippen MR) is 75.1 cm³/mol. The second-order valence-corrected chi connectivity index (χ2v) is 5.04. The lowest BCUT2D eigenvalue weighted by Gasteiger charge is -2.31. The first kappa shape index (κ1) is 13.4. The third-order valence-electron chi connectivity index (χ3n) is 3.94. The first-order valence-corrected chi connectivity index (χ1v) is 6.80. The number of nitrogens with zero attached hydrogens (tertiary/aromatic N) is 1. The largest absolute Gasteiger partial charge is 0.497 e. The van der Waals surface area contributed by atoms with E-state index in [9.17, 15) is 0 Å². The van der Waals surface area contributed by atoms with Crippen molar-refractivity contribution in [2.45, 2.75) is 31.8 Å². The lowest BCUT2D eigenvalue weighted by molar-refractivity contribution is 0.191. The summed E-state index contributed by atoms with van der Waals surface area (Å²) in [5.74, 6) is 0.948. The molecule has 0 spiro atoms. The minimum atomic E-state index is 0.459. The average Bonchev–Trinajstić information content (AvgIpc) is 2.86. The number of methoxy groups -OCH3 is 1. The van der Waals surface area contributed by atoms with Gasteiger partial charge < -0.3 is 10.1 Å². The van der Waals surface area contributed by atoms with Gasteiger partial charge in [-0.1, -0.05) is 12.1 Å². The quantitative estimate of drug-likeness (QED) is 0.866. The fourth-order valence-corrected chi connectivity index (χ4v) is 2.92. The van der Waals surface area contributed by atoms with Gasteiger partial charge in [-0.05, 0) is 51.1 Å². The first-order chi connectivity index (χ1) is 8.76. The second kappa shape index (κ2) is 6.21. The van der Waals surface area contributed by atoms with E-state index in [-0.39, 0.29) is 0 Å². The zero-order valence-corrected chi connectivity index (χ0v) is 11.6. The molecule has 0 saturated carbocycles. The molecule has 1 N–H and O–H groups in total. The van der Waals surface area contributed by atoms with Crippen molar-refractivity contribution < 1.29 is 4.74 Å². The summed E-state index contributed by atoms with van der Waals surface area (Å²) in [5, 5.41) is 3.30. The third kappa shape index (κ3) is 2.85. The number of nitrogens with one attached hydrogen (secondary N) is 1. The van der Waals surface area contributed by atoms with Crippen LogP contribution in [0.2, 0.25) is 0 Å². The summed E-state index contributed by atoms with van der Waals surface area (Å²) in [6, 6.07) is 9.55. The second-order valence-electron chi connectivity index (χ2n) is 5.04. The van der Waals surface area contributed by atoms with Gasteiger partial charge in [-0.25, -0.2) is 0 Å². The number of hydrogen-bond donors (Lipinski definition) is 1. The Hall–Kier alpha value is -1.06. The van der Waals surface area contributed by atoms with Crippen molar-refractivity contribution >= 4 is 0 Å². The van der Waals surface area contributed by atoms with Crippen LogP contribution in [0.25, 0.3) is 0 Å². The van der Waals surface area contributed by atoms with E-state index in [1.807, 2.05) is 13.1 Å². The monoisotopic (exact) mass is 248 g/mol. The fourth-order valence-electron chi connectivity index (χ4n) is 2.92. The van der Waals surface area contributed by atoms with Crippen molar-refractivity contribution in [3.8, 4) is 5.75 Å². The van der Waals surface area contributed by atoms with E-state index >= 15 is 0 Å². The van der Waals surface area contributed by atoms with Crippen molar-refractivity contribution in [3.05, 3.63) is 29.8 Å². The SMILES string of the molecule is CNCC1CCCN1C(C)c1cccc(OC)c1. The highest BCUT2D eigenvalue weighted by molar-refractivity contribution is 5.30. The van der Waals surface area contributed by atoms with Gasteiger partial charge in [0.15, 0.2) is 0 Å². The van der Waals surface area contributed by atoms with Crippen molar-refractivity contribution in [1.29, 1.82) is 0 Å². The minimum absolute atomic E-state index is 0.459. The number of ether oxygens (including phenoxy) is 1. The van der Waals surface area contributed by atoms with Crippen molar-refractivity contribution in [3.63, 3.8) is 0 Å². The van der Waals surface area contributed by atoms with Gasteiger partial charge in [0.1, 0.15) is 5.75 Å². The Balaban J connectivity index is 2.11. The molecule has 1 aliphatic rings. The lowest BCUT2D eigenvalue weighted by atomic mass is 10.1. The van der Waals surface area contributed by atoms with E-state index in [1.54, 1.807) is 7.11 Å². The van der Waals surface area contributed by atoms with Crippen LogP contribution in [0.15, 0.2) is 24.3 Å². The molecular formula is C15H24N2O. The van der Waals surface area contributed by atoms with Gasteiger partial charge in [0, 0.05) is 18.6 Å². The third-order valence-corrected chi connectivity index (χ3v) is 3.94. The average molecular weight is 248 g/mol. The van der Waals surface area contributed by atoms with Crippen LogP contribution in [0, 0.1) is 0 Å². The van der Waals surface area contributed by atoms with Crippen LogP contribution in [-0.2, 0) is 0 Å². The molecular weight excluding hydrogens is 224 g/mol. The smallest absolute Gasteiger partial charge is 0.119 e. The van der Waals surface area contributed by atoms with Gasteiger partial charge in [-0.2, -0.15) is 0 Å². The highest BCUT2D eigenvalue weighted by atomic mass is 16.5. The van der Waals surface area contributed by atoms with E-state index in [1.165, 1.54) is 24.9 Å². The van der Waals surface area contributed by atoms with E-state index in [0.717, 1.165) is 12.3 Å². The molecule has 1 heterocycles. The molecule has 2 unspecified atom stereocenters. The van der Waals surface area contributed by atoms with Crippen LogP contribution >= 0.6 is 0 Å². The van der Waals surface area contributed by atoms with Crippen LogP contribution in [-0.4, -0.2) is 38.2 Å². The number of hydrogen-bond acceptors (Lipinski definition) is 3. The Kier molecular flexibility index (Phi) is 4.61. The summed E-state index contributed by atoms with van der Waals surface area (Å²) in [6.45, 7) is 4.57. The Morgan fingerprint density at radius 2 is 2.33 bits per heavy atom. The van der Waals surface area contributed by atoms with Gasteiger partial charge in [-0.3, -0.25) is 4.90 Å². The molecule has 3 nitrogen and oxygen atoms in total. The van der Waals surface area contributed by atoms with E-state index in [0.29, 0.717) is 12.1 Å². The van der Waals surface area contributed by atoms with Gasteiger partial charge in [0.2, 0.25) is 0 Å². The summed E-state index contributed by atoms with van der Waals surface area (Å²) >= 11 is 0. The topological polar surface area (TPSA) is 24.5 Å². The van der Waals surface area contributed by atoms with E-state index in [4.69, 9.17) is 4.74 Å². The maximum atomic E-state index is 5.31. The molecule has 100 valence electrons. The van der Waals surface area contributed by atoms with Crippen LogP contribution in [0.3, 0.4) is 0 Å². The molecule has 0 aromatic heterocycles. The van der Waals surface area contributed by atoms with E-state index in [2.05, 4.69) is 35.3 Å². The molecule has 0 amide bonds. The summed E-state index contributed by atoms with van der Waals surface area (Å²) in [4.78, 5) is 2.60. The summed E-state index contributed by atoms with van der Waals surface area (Å²) in [6.07, 6.45) is 2.61. The summed E-state index contributed by atoms with van der Waals surface area (Å²) < 4.78 is 5.31. The first-order valence-electron chi connectivity index (χ1n) is 6.80. The molecule has 1 aromatic carbocycles. The fraction of sp³-hybridized carbons (Fsp3) is 0.600. The summed E-state index contributed by atoms with van der Waals surface area (Å²) in [5.41, 5.74) is 1.34. The zero-order valence-electron chi connectivity index (χ0n) is 11.6. The molecule has 0 radical (unpaired) electrons. The lowest BCUT2D eigenvalue weighted by Crippen LogP contribution is -2.38. The standard InChI is InChI=1S/C15H24N2O/c1-12(13-6-4-8-15(10-13)18-3)17-9-5-7-14(17)11-16-2/h4,6,8,10,12,14,16H,5,7,9,11H2,1-3H3. The molecule has 18 heavy (non-hydrogen) atoms. The van der Waals surface area contributed by atoms with Gasteiger partial charge in [0.05, 0.1) is 7.11 Å². The van der Waals surface area contributed by atoms with Gasteiger partial charge in [0.25, 0.3) is 0 Å². The molecule has 2 rings (SSSR count). The highest BCUT2D eigenvalue weighted by Crippen LogP contribution is 2.30. The Morgan fingerprint density at radius 1 is 1.50 bits per heavy atom. The van der Waals surface area contributed by atoms with Crippen LogP contribution < -0.4 is 10.1 Å². The molecule has 1 aromatic rings. The Labute approximate surface area is 110 Å². The molecule has 1 fully saturated rings. The van der Waals surface area contributed by atoms with Crippen molar-refractivity contribution in [2.75, 3.05) is 27.2 Å². The maximum Gasteiger partial charge on any atom is 0.119 e. The van der Waals surface area contributed by atoms with Crippen LogP contribution in [0.4, 0.5) is 0 Å². The maximum absolute atomic E-state index is 5.31. The van der Waals surface area contributed by atoms with Gasteiger partial charge in [-0.15, -0.1) is 0 Å². The van der Waals surface area contributed by atoms with Crippen molar-refractivity contribution in [1.82, 2.24) is 10.2 Å².